The number of para-hydroxylation sites is 1. The fourth-order valence-electron chi connectivity index (χ4n) is 2.53. The number of hydrogen-bond donors (Lipinski definition) is 1. The summed E-state index contributed by atoms with van der Waals surface area (Å²) in [4.78, 5) is 11.9. The summed E-state index contributed by atoms with van der Waals surface area (Å²) in [5, 5.41) is 3.11. The van der Waals surface area contributed by atoms with E-state index in [0.717, 1.165) is 22.7 Å². The van der Waals surface area contributed by atoms with Gasteiger partial charge in [-0.15, -0.1) is 0 Å². The summed E-state index contributed by atoms with van der Waals surface area (Å²) < 4.78 is 57.2. The second-order valence-electron chi connectivity index (χ2n) is 6.16. The molecule has 0 aromatic heterocycles. The molecule has 0 fully saturated rings. The van der Waals surface area contributed by atoms with Gasteiger partial charge in [0.1, 0.15) is 24.0 Å². The van der Waals surface area contributed by atoms with E-state index in [2.05, 4.69) is 5.32 Å². The van der Waals surface area contributed by atoms with Crippen molar-refractivity contribution in [2.75, 3.05) is 30.3 Å². The Bertz CT molecular complexity index is 957. The molecule has 0 aliphatic carbocycles. The Labute approximate surface area is 173 Å². The largest absolute Gasteiger partial charge is 0.490 e. The van der Waals surface area contributed by atoms with Crippen LogP contribution in [0.2, 0.25) is 5.02 Å². The van der Waals surface area contributed by atoms with Crippen LogP contribution in [0.15, 0.2) is 42.5 Å². The minimum Gasteiger partial charge on any atom is -0.490 e. The molecule has 10 heteroatoms. The van der Waals surface area contributed by atoms with E-state index in [9.17, 15) is 22.0 Å². The van der Waals surface area contributed by atoms with Crippen LogP contribution in [0, 0.1) is 11.6 Å². The summed E-state index contributed by atoms with van der Waals surface area (Å²) in [7, 11) is -3.80. The van der Waals surface area contributed by atoms with Gasteiger partial charge in [-0.05, 0) is 30.7 Å². The molecule has 0 unspecified atom stereocenters. The fraction of sp³-hybridized carbons (Fsp3) is 0.316. The summed E-state index contributed by atoms with van der Waals surface area (Å²) in [5.74, 6) is -1.59. The van der Waals surface area contributed by atoms with Crippen LogP contribution in [0.3, 0.4) is 0 Å². The third-order valence-corrected chi connectivity index (χ3v) is 5.35. The number of rotatable bonds is 10. The normalized spacial score (nSPS) is 11.2. The number of carbonyl (C=O) groups excluding carboxylic acids is 1. The Hall–Kier alpha value is -2.39. The number of halogens is 3. The highest BCUT2D eigenvalue weighted by Crippen LogP contribution is 2.24. The zero-order valence-electron chi connectivity index (χ0n) is 15.7. The van der Waals surface area contributed by atoms with Gasteiger partial charge >= 0.3 is 0 Å². The third kappa shape index (κ3) is 7.17. The lowest BCUT2D eigenvalue weighted by Gasteiger charge is -2.22. The second kappa shape index (κ2) is 10.4. The van der Waals surface area contributed by atoms with Crippen LogP contribution in [0.4, 0.5) is 14.5 Å². The van der Waals surface area contributed by atoms with E-state index < -0.39 is 21.7 Å². The minimum atomic E-state index is -3.80. The predicted molar refractivity (Wildman–Crippen MR) is 108 cm³/mol. The third-order valence-electron chi connectivity index (χ3n) is 3.86. The summed E-state index contributed by atoms with van der Waals surface area (Å²) >= 11 is 5.96. The number of sulfonamides is 1. The minimum absolute atomic E-state index is 0.0287. The first-order valence-corrected chi connectivity index (χ1v) is 11.0. The number of nitrogens with zero attached hydrogens (tertiary/aromatic N) is 1. The van der Waals surface area contributed by atoms with Gasteiger partial charge < -0.3 is 10.1 Å². The fourth-order valence-corrected chi connectivity index (χ4v) is 3.69. The Kier molecular flexibility index (Phi) is 8.21. The Balaban J connectivity index is 1.80. The second-order valence-corrected chi connectivity index (χ2v) is 8.48. The van der Waals surface area contributed by atoms with Gasteiger partial charge in [0.2, 0.25) is 15.9 Å². The van der Waals surface area contributed by atoms with Crippen LogP contribution >= 0.6 is 11.6 Å². The molecule has 0 heterocycles. The van der Waals surface area contributed by atoms with Crippen molar-refractivity contribution in [1.29, 1.82) is 0 Å². The lowest BCUT2D eigenvalue weighted by molar-refractivity contribution is -0.121. The van der Waals surface area contributed by atoms with Crippen molar-refractivity contribution in [2.45, 2.75) is 12.8 Å². The maximum absolute atomic E-state index is 13.9. The molecule has 0 saturated heterocycles. The maximum Gasteiger partial charge on any atom is 0.232 e. The average Bonchev–Trinajstić information content (AvgIpc) is 2.63. The van der Waals surface area contributed by atoms with Crippen LogP contribution in [-0.2, 0) is 14.8 Å². The van der Waals surface area contributed by atoms with Gasteiger partial charge in [-0.2, -0.15) is 0 Å². The van der Waals surface area contributed by atoms with Gasteiger partial charge in [0.25, 0.3) is 0 Å². The number of nitrogens with one attached hydrogen (secondary N) is 1. The molecule has 158 valence electrons. The standard InChI is InChI=1S/C19H21ClF2N2O4S/c1-29(26,27)24(17-9-8-14(21)13-16(17)22)11-4-7-19(25)23-10-12-28-18-6-3-2-5-15(18)20/h2-3,5-6,8-9,13H,4,7,10-12H2,1H3,(H,23,25). The Morgan fingerprint density at radius 2 is 1.93 bits per heavy atom. The molecule has 0 aliphatic heterocycles. The maximum atomic E-state index is 13.9. The molecule has 0 bridgehead atoms. The smallest absolute Gasteiger partial charge is 0.232 e. The summed E-state index contributed by atoms with van der Waals surface area (Å²) in [5.41, 5.74) is -0.262. The van der Waals surface area contributed by atoms with Crippen molar-refractivity contribution in [2.24, 2.45) is 0 Å². The molecule has 2 aromatic rings. The number of amides is 1. The summed E-state index contributed by atoms with van der Waals surface area (Å²) in [6.45, 7) is 0.336. The first-order valence-electron chi connectivity index (χ1n) is 8.75. The topological polar surface area (TPSA) is 75.7 Å². The molecule has 0 atom stereocenters. The van der Waals surface area contributed by atoms with Crippen LogP contribution in [0.25, 0.3) is 0 Å². The van der Waals surface area contributed by atoms with Gasteiger partial charge in [-0.3, -0.25) is 9.10 Å². The van der Waals surface area contributed by atoms with E-state index in [4.69, 9.17) is 16.3 Å². The van der Waals surface area contributed by atoms with Crippen molar-refractivity contribution < 1.29 is 26.7 Å². The van der Waals surface area contributed by atoms with Gasteiger partial charge in [-0.25, -0.2) is 17.2 Å². The molecular weight excluding hydrogens is 426 g/mol. The summed E-state index contributed by atoms with van der Waals surface area (Å²) in [6, 6.07) is 9.58. The zero-order valence-corrected chi connectivity index (χ0v) is 17.3. The van der Waals surface area contributed by atoms with E-state index in [-0.39, 0.29) is 44.1 Å². The van der Waals surface area contributed by atoms with Crippen molar-refractivity contribution in [3.05, 3.63) is 59.1 Å². The highest BCUT2D eigenvalue weighted by Gasteiger charge is 2.21. The molecule has 1 amide bonds. The van der Waals surface area contributed by atoms with E-state index in [0.29, 0.717) is 16.8 Å². The monoisotopic (exact) mass is 446 g/mol. The van der Waals surface area contributed by atoms with Crippen molar-refractivity contribution in [3.8, 4) is 5.75 Å². The lowest BCUT2D eigenvalue weighted by atomic mass is 10.2. The molecule has 0 saturated carbocycles. The Morgan fingerprint density at radius 1 is 1.21 bits per heavy atom. The van der Waals surface area contributed by atoms with E-state index in [1.807, 2.05) is 0 Å². The van der Waals surface area contributed by atoms with Crippen molar-refractivity contribution >= 4 is 33.2 Å². The zero-order chi connectivity index (χ0) is 21.4. The van der Waals surface area contributed by atoms with Crippen LogP contribution in [-0.4, -0.2) is 40.3 Å². The lowest BCUT2D eigenvalue weighted by Crippen LogP contribution is -2.33. The Morgan fingerprint density at radius 3 is 2.59 bits per heavy atom. The molecule has 2 aromatic carbocycles. The highest BCUT2D eigenvalue weighted by atomic mass is 35.5. The SMILES string of the molecule is CS(=O)(=O)N(CCCC(=O)NCCOc1ccccc1Cl)c1ccc(F)cc1F. The highest BCUT2D eigenvalue weighted by molar-refractivity contribution is 7.92. The number of hydrogen-bond acceptors (Lipinski definition) is 4. The molecule has 0 spiro atoms. The molecule has 29 heavy (non-hydrogen) atoms. The van der Waals surface area contributed by atoms with Gasteiger partial charge in [0.05, 0.1) is 23.5 Å². The summed E-state index contributed by atoms with van der Waals surface area (Å²) in [6.07, 6.45) is 1.10. The molecule has 6 nitrogen and oxygen atoms in total. The van der Waals surface area contributed by atoms with Gasteiger partial charge in [0, 0.05) is 19.0 Å². The van der Waals surface area contributed by atoms with Crippen molar-refractivity contribution in [3.63, 3.8) is 0 Å². The van der Waals surface area contributed by atoms with Crippen molar-refractivity contribution in [1.82, 2.24) is 5.32 Å². The molecular formula is C19H21ClF2N2O4S. The van der Waals surface area contributed by atoms with Crippen LogP contribution in [0.1, 0.15) is 12.8 Å². The quantitative estimate of drug-likeness (QED) is 0.568. The van der Waals surface area contributed by atoms with Gasteiger partial charge in [0.15, 0.2) is 0 Å². The first-order chi connectivity index (χ1) is 13.7. The molecule has 1 N–H and O–H groups in total. The number of ether oxygens (including phenoxy) is 1. The van der Waals surface area contributed by atoms with Gasteiger partial charge in [-0.1, -0.05) is 23.7 Å². The van der Waals surface area contributed by atoms with E-state index >= 15 is 0 Å². The van der Waals surface area contributed by atoms with Crippen LogP contribution in [0.5, 0.6) is 5.75 Å². The average molecular weight is 447 g/mol. The number of carbonyl (C=O) groups is 1. The molecule has 2 rings (SSSR count). The van der Waals surface area contributed by atoms with Crippen LogP contribution < -0.4 is 14.4 Å². The van der Waals surface area contributed by atoms with E-state index in [1.54, 1.807) is 24.3 Å². The number of benzene rings is 2. The van der Waals surface area contributed by atoms with E-state index in [1.165, 1.54) is 0 Å². The molecule has 0 radical (unpaired) electrons. The predicted octanol–water partition coefficient (Wildman–Crippen LogP) is 3.36. The first kappa shape index (κ1) is 22.9. The molecule has 0 aliphatic rings. The number of anilines is 1.